The number of thiazole rings is 1. The molecule has 0 bridgehead atoms. The monoisotopic (exact) mass is 389 g/mol. The summed E-state index contributed by atoms with van der Waals surface area (Å²) in [4.78, 5) is 28.2. The van der Waals surface area contributed by atoms with E-state index in [1.54, 1.807) is 18.2 Å². The Balaban J connectivity index is 1.54. The fourth-order valence-electron chi connectivity index (χ4n) is 2.63. The summed E-state index contributed by atoms with van der Waals surface area (Å²) >= 11 is 1.34. The zero-order valence-electron chi connectivity index (χ0n) is 14.6. The summed E-state index contributed by atoms with van der Waals surface area (Å²) in [5.74, 6) is 0.493. The second-order valence-corrected chi connectivity index (χ2v) is 6.99. The maximum atomic E-state index is 12.5. The van der Waals surface area contributed by atoms with Gasteiger partial charge in [-0.2, -0.15) is 0 Å². The van der Waals surface area contributed by atoms with Gasteiger partial charge in [-0.3, -0.25) is 14.9 Å². The number of rotatable bonds is 5. The molecule has 1 heterocycles. The van der Waals surface area contributed by atoms with E-state index in [4.69, 9.17) is 10.5 Å². The molecule has 28 heavy (non-hydrogen) atoms. The van der Waals surface area contributed by atoms with Crippen LogP contribution in [0.2, 0.25) is 0 Å². The molecule has 3 N–H and O–H groups in total. The van der Waals surface area contributed by atoms with Crippen molar-refractivity contribution in [2.24, 2.45) is 5.73 Å². The van der Waals surface area contributed by atoms with Gasteiger partial charge >= 0.3 is 0 Å². The molecule has 0 aliphatic carbocycles. The first-order chi connectivity index (χ1) is 13.6. The lowest BCUT2D eigenvalue weighted by Gasteiger charge is -2.04. The predicted octanol–water partition coefficient (Wildman–Crippen LogP) is 4.44. The van der Waals surface area contributed by atoms with Crippen LogP contribution in [0.15, 0.2) is 72.8 Å². The fourth-order valence-corrected chi connectivity index (χ4v) is 3.52. The Morgan fingerprint density at radius 3 is 2.46 bits per heavy atom. The van der Waals surface area contributed by atoms with Crippen molar-refractivity contribution in [2.45, 2.75) is 0 Å². The van der Waals surface area contributed by atoms with E-state index in [1.807, 2.05) is 48.5 Å². The molecule has 0 aliphatic rings. The summed E-state index contributed by atoms with van der Waals surface area (Å²) in [6, 6.07) is 21.3. The third-order valence-corrected chi connectivity index (χ3v) is 4.90. The predicted molar refractivity (Wildman–Crippen MR) is 109 cm³/mol. The summed E-state index contributed by atoms with van der Waals surface area (Å²) in [5, 5.41) is 3.22. The number of ether oxygens (including phenoxy) is 1. The topological polar surface area (TPSA) is 94.3 Å². The lowest BCUT2D eigenvalue weighted by Crippen LogP contribution is -2.15. The third kappa shape index (κ3) is 3.84. The number of nitrogens with zero attached hydrogens (tertiary/aromatic N) is 1. The van der Waals surface area contributed by atoms with E-state index in [9.17, 15) is 9.59 Å². The Bertz CT molecular complexity index is 1170. The van der Waals surface area contributed by atoms with E-state index in [1.165, 1.54) is 17.4 Å². The first-order valence-corrected chi connectivity index (χ1v) is 9.25. The SMILES string of the molecule is NC(=O)c1cccc(C(=O)Nc2nc3ccc(Oc4ccccc4)cc3s2)c1. The Morgan fingerprint density at radius 2 is 1.68 bits per heavy atom. The average molecular weight is 389 g/mol. The Kier molecular flexibility index (Phi) is 4.74. The number of aromatic nitrogens is 1. The van der Waals surface area contributed by atoms with Gasteiger partial charge in [0.25, 0.3) is 5.91 Å². The minimum atomic E-state index is -0.583. The molecule has 2 amide bonds. The summed E-state index contributed by atoms with van der Waals surface area (Å²) in [6.45, 7) is 0. The van der Waals surface area contributed by atoms with Crippen LogP contribution in [0.25, 0.3) is 10.2 Å². The molecule has 0 unspecified atom stereocenters. The first kappa shape index (κ1) is 17.7. The standard InChI is InChI=1S/C21H15N3O3S/c22-19(25)13-5-4-6-14(11-13)20(26)24-21-23-17-10-9-16(12-18(17)28-21)27-15-7-2-1-3-8-15/h1-12H,(H2,22,25)(H,23,24,26). The molecule has 138 valence electrons. The van der Waals surface area contributed by atoms with Gasteiger partial charge in [0.15, 0.2) is 5.13 Å². The molecule has 3 aromatic carbocycles. The van der Waals surface area contributed by atoms with Crippen molar-refractivity contribution in [3.8, 4) is 11.5 Å². The number of hydrogen-bond acceptors (Lipinski definition) is 5. The molecule has 0 aliphatic heterocycles. The number of nitrogens with two attached hydrogens (primary N) is 1. The highest BCUT2D eigenvalue weighted by Crippen LogP contribution is 2.31. The summed E-state index contributed by atoms with van der Waals surface area (Å²) in [7, 11) is 0. The maximum Gasteiger partial charge on any atom is 0.257 e. The number of amides is 2. The van der Waals surface area contributed by atoms with Gasteiger partial charge in [0.2, 0.25) is 5.91 Å². The van der Waals surface area contributed by atoms with Crippen molar-refractivity contribution in [3.63, 3.8) is 0 Å². The Hall–Kier alpha value is -3.71. The van der Waals surface area contributed by atoms with E-state index >= 15 is 0 Å². The number of carbonyl (C=O) groups is 2. The van der Waals surface area contributed by atoms with Gasteiger partial charge in [0, 0.05) is 17.2 Å². The highest BCUT2D eigenvalue weighted by atomic mass is 32.1. The first-order valence-electron chi connectivity index (χ1n) is 8.43. The van der Waals surface area contributed by atoms with Crippen molar-refractivity contribution in [2.75, 3.05) is 5.32 Å². The van der Waals surface area contributed by atoms with E-state index in [0.717, 1.165) is 16.0 Å². The fraction of sp³-hybridized carbons (Fsp3) is 0. The van der Waals surface area contributed by atoms with Gasteiger partial charge in [-0.1, -0.05) is 35.6 Å². The minimum Gasteiger partial charge on any atom is -0.457 e. The quantitative estimate of drug-likeness (QED) is 0.528. The third-order valence-electron chi connectivity index (χ3n) is 3.97. The number of fused-ring (bicyclic) bond motifs is 1. The van der Waals surface area contributed by atoms with Crippen LogP contribution >= 0.6 is 11.3 Å². The van der Waals surface area contributed by atoms with Crippen molar-refractivity contribution >= 4 is 38.5 Å². The van der Waals surface area contributed by atoms with Crippen LogP contribution in [0.1, 0.15) is 20.7 Å². The van der Waals surface area contributed by atoms with Gasteiger partial charge in [0.1, 0.15) is 11.5 Å². The number of benzene rings is 3. The summed E-state index contributed by atoms with van der Waals surface area (Å²) in [5.41, 5.74) is 6.63. The normalized spacial score (nSPS) is 10.6. The Labute approximate surface area is 164 Å². The smallest absolute Gasteiger partial charge is 0.257 e. The number of anilines is 1. The van der Waals surface area contributed by atoms with E-state index in [2.05, 4.69) is 10.3 Å². The molecule has 0 saturated heterocycles. The molecule has 4 aromatic rings. The molecule has 0 radical (unpaired) electrons. The summed E-state index contributed by atoms with van der Waals surface area (Å²) in [6.07, 6.45) is 0. The molecule has 1 aromatic heterocycles. The molecule has 4 rings (SSSR count). The molecule has 0 saturated carbocycles. The van der Waals surface area contributed by atoms with Crippen molar-refractivity contribution in [3.05, 3.63) is 83.9 Å². The van der Waals surface area contributed by atoms with E-state index < -0.39 is 5.91 Å². The van der Waals surface area contributed by atoms with Crippen LogP contribution in [-0.2, 0) is 0 Å². The average Bonchev–Trinajstić information content (AvgIpc) is 3.10. The van der Waals surface area contributed by atoms with Gasteiger partial charge in [-0.15, -0.1) is 0 Å². The lowest BCUT2D eigenvalue weighted by atomic mass is 10.1. The summed E-state index contributed by atoms with van der Waals surface area (Å²) < 4.78 is 6.71. The van der Waals surface area contributed by atoms with Crippen LogP contribution in [0.5, 0.6) is 11.5 Å². The van der Waals surface area contributed by atoms with Gasteiger partial charge in [-0.25, -0.2) is 4.98 Å². The van der Waals surface area contributed by atoms with Crippen LogP contribution in [-0.4, -0.2) is 16.8 Å². The minimum absolute atomic E-state index is 0.277. The van der Waals surface area contributed by atoms with Crippen LogP contribution in [0, 0.1) is 0 Å². The molecule has 6 nitrogen and oxygen atoms in total. The van der Waals surface area contributed by atoms with Gasteiger partial charge in [0.05, 0.1) is 10.2 Å². The van der Waals surface area contributed by atoms with Crippen LogP contribution < -0.4 is 15.8 Å². The van der Waals surface area contributed by atoms with E-state index in [-0.39, 0.29) is 11.5 Å². The second kappa shape index (κ2) is 7.50. The van der Waals surface area contributed by atoms with Crippen molar-refractivity contribution in [1.29, 1.82) is 0 Å². The second-order valence-electron chi connectivity index (χ2n) is 5.96. The maximum absolute atomic E-state index is 12.5. The number of carbonyl (C=O) groups excluding carboxylic acids is 2. The zero-order chi connectivity index (χ0) is 19.5. The van der Waals surface area contributed by atoms with Crippen LogP contribution in [0.4, 0.5) is 5.13 Å². The van der Waals surface area contributed by atoms with Gasteiger partial charge < -0.3 is 10.5 Å². The van der Waals surface area contributed by atoms with Crippen molar-refractivity contribution < 1.29 is 14.3 Å². The van der Waals surface area contributed by atoms with E-state index in [0.29, 0.717) is 16.4 Å². The molecule has 0 fully saturated rings. The number of primary amides is 1. The zero-order valence-corrected chi connectivity index (χ0v) is 15.4. The largest absolute Gasteiger partial charge is 0.457 e. The molecule has 7 heteroatoms. The number of hydrogen-bond donors (Lipinski definition) is 2. The van der Waals surface area contributed by atoms with Gasteiger partial charge in [-0.05, 0) is 42.5 Å². The van der Waals surface area contributed by atoms with Crippen LogP contribution in [0.3, 0.4) is 0 Å². The Morgan fingerprint density at radius 1 is 0.893 bits per heavy atom. The number of para-hydroxylation sites is 1. The molecule has 0 atom stereocenters. The molecule has 0 spiro atoms. The highest BCUT2D eigenvalue weighted by Gasteiger charge is 2.12. The number of nitrogens with one attached hydrogen (secondary N) is 1. The molecular formula is C21H15N3O3S. The highest BCUT2D eigenvalue weighted by molar-refractivity contribution is 7.22. The van der Waals surface area contributed by atoms with Crippen molar-refractivity contribution in [1.82, 2.24) is 4.98 Å². The molecular weight excluding hydrogens is 374 g/mol. The lowest BCUT2D eigenvalue weighted by molar-refractivity contribution is 0.1000.